The minimum atomic E-state index is -4.00. The Bertz CT molecular complexity index is 1330. The Morgan fingerprint density at radius 3 is 2.32 bits per heavy atom. The van der Waals surface area contributed by atoms with Gasteiger partial charge in [0, 0.05) is 35.7 Å². The molecule has 0 amide bonds. The van der Waals surface area contributed by atoms with Crippen molar-refractivity contribution in [3.8, 4) is 0 Å². The van der Waals surface area contributed by atoms with Crippen LogP contribution >= 0.6 is 0 Å². The minimum Gasteiger partial charge on any atom is -0.481 e. The molecule has 1 aliphatic rings. The van der Waals surface area contributed by atoms with Crippen LogP contribution in [-0.4, -0.2) is 58.8 Å². The Labute approximate surface area is 223 Å². The van der Waals surface area contributed by atoms with Gasteiger partial charge >= 0.3 is 5.97 Å². The number of aromatic nitrogens is 1. The Balaban J connectivity index is 0.00000121. The zero-order chi connectivity index (χ0) is 28.7. The predicted molar refractivity (Wildman–Crippen MR) is 145 cm³/mol. The van der Waals surface area contributed by atoms with Crippen LogP contribution < -0.4 is 0 Å². The van der Waals surface area contributed by atoms with E-state index in [1.165, 1.54) is 16.4 Å². The van der Waals surface area contributed by atoms with E-state index in [-0.39, 0.29) is 17.9 Å². The molecule has 0 bridgehead atoms. The van der Waals surface area contributed by atoms with Gasteiger partial charge in [-0.2, -0.15) is 4.31 Å². The summed E-state index contributed by atoms with van der Waals surface area (Å²) < 4.78 is 53.5. The highest BCUT2D eigenvalue weighted by Gasteiger charge is 2.38. The normalized spacial score (nSPS) is 15.2. The molecule has 3 aromatic rings. The van der Waals surface area contributed by atoms with E-state index in [1.807, 2.05) is 28.8 Å². The highest BCUT2D eigenvalue weighted by atomic mass is 32.2. The number of hydrogen-bond donors (Lipinski definition) is 2. The molecule has 1 aromatic heterocycles. The predicted octanol–water partition coefficient (Wildman–Crippen LogP) is 4.96. The zero-order valence-corrected chi connectivity index (χ0v) is 22.8. The van der Waals surface area contributed by atoms with Crippen molar-refractivity contribution in [2.45, 2.75) is 62.6 Å². The van der Waals surface area contributed by atoms with E-state index in [0.717, 1.165) is 34.3 Å². The summed E-state index contributed by atoms with van der Waals surface area (Å²) in [6, 6.07) is 12.1. The maximum absolute atomic E-state index is 13.6. The fraction of sp³-hybridized carbons (Fsp3) is 0.393. The van der Waals surface area contributed by atoms with Gasteiger partial charge in [0.1, 0.15) is 5.82 Å². The average molecular weight is 551 g/mol. The van der Waals surface area contributed by atoms with Gasteiger partial charge in [0.25, 0.3) is 0 Å². The number of halogens is 2. The van der Waals surface area contributed by atoms with Crippen LogP contribution in [-0.2, 0) is 34.2 Å². The SMILES string of the molecule is C=C.CC(C)(O)CN(C1CCc2c(c3ccccc3n2CCC(=O)O)C1)S(=O)(=O)c1ccc(F)cc1.CF. The fourth-order valence-corrected chi connectivity index (χ4v) is 6.63. The standard InChI is InChI=1S/C25H29FN2O5S.C2H4.CH3F/c1-25(2,31)16-28(34(32,33)19-10-7-17(26)8-11-19)18-9-12-23-21(15-18)20-5-3-4-6-22(20)27(23)14-13-24(29)30;2*1-2/h3-8,10-11,18,31H,9,12-16H2,1-2H3,(H,29,30);1-2H2;1H3. The van der Waals surface area contributed by atoms with Crippen molar-refractivity contribution in [3.63, 3.8) is 0 Å². The van der Waals surface area contributed by atoms with Gasteiger partial charge < -0.3 is 14.8 Å². The van der Waals surface area contributed by atoms with Crippen molar-refractivity contribution in [2.75, 3.05) is 13.7 Å². The molecule has 0 spiro atoms. The van der Waals surface area contributed by atoms with Crippen LogP contribution in [0.4, 0.5) is 8.78 Å². The molecule has 4 rings (SSSR count). The fourth-order valence-electron chi connectivity index (χ4n) is 4.82. The van der Waals surface area contributed by atoms with E-state index in [0.29, 0.717) is 33.0 Å². The molecule has 1 unspecified atom stereocenters. The summed E-state index contributed by atoms with van der Waals surface area (Å²) >= 11 is 0. The Kier molecular flexibility index (Phi) is 10.8. The van der Waals surface area contributed by atoms with Gasteiger partial charge in [-0.25, -0.2) is 12.8 Å². The van der Waals surface area contributed by atoms with Crippen molar-refractivity contribution >= 4 is 26.9 Å². The van der Waals surface area contributed by atoms with Gasteiger partial charge in [0.2, 0.25) is 10.0 Å². The highest BCUT2D eigenvalue weighted by Crippen LogP contribution is 2.36. The summed E-state index contributed by atoms with van der Waals surface area (Å²) in [5, 5.41) is 20.7. The second-order valence-electron chi connectivity index (χ2n) is 9.45. The van der Waals surface area contributed by atoms with Gasteiger partial charge in [-0.3, -0.25) is 9.18 Å². The highest BCUT2D eigenvalue weighted by molar-refractivity contribution is 7.89. The average Bonchev–Trinajstić information content (AvgIpc) is 3.21. The summed E-state index contributed by atoms with van der Waals surface area (Å²) in [6.45, 7) is 9.36. The number of carboxylic acid groups (broad SMARTS) is 1. The molecule has 2 N–H and O–H groups in total. The van der Waals surface area contributed by atoms with Crippen molar-refractivity contribution < 1.29 is 32.2 Å². The first-order valence-electron chi connectivity index (χ1n) is 12.2. The molecule has 2 aromatic carbocycles. The van der Waals surface area contributed by atoms with E-state index in [1.54, 1.807) is 13.8 Å². The topological polar surface area (TPSA) is 99.8 Å². The van der Waals surface area contributed by atoms with Gasteiger partial charge in [-0.15, -0.1) is 13.2 Å². The number of carbonyl (C=O) groups is 1. The quantitative estimate of drug-likeness (QED) is 0.386. The number of fused-ring (bicyclic) bond motifs is 3. The van der Waals surface area contributed by atoms with E-state index in [2.05, 4.69) is 13.2 Å². The maximum atomic E-state index is 13.6. The number of sulfonamides is 1. The van der Waals surface area contributed by atoms with Gasteiger partial charge in [0.05, 0.1) is 24.1 Å². The first-order chi connectivity index (χ1) is 18.0. The molecule has 0 fully saturated rings. The number of aliphatic carboxylic acids is 1. The second-order valence-corrected chi connectivity index (χ2v) is 11.3. The van der Waals surface area contributed by atoms with E-state index in [9.17, 15) is 32.2 Å². The summed E-state index contributed by atoms with van der Waals surface area (Å²) in [6.07, 6.45) is 1.53. The molecule has 1 atom stereocenters. The molecular weight excluding hydrogens is 514 g/mol. The monoisotopic (exact) mass is 550 g/mol. The van der Waals surface area contributed by atoms with Crippen LogP contribution in [0.3, 0.4) is 0 Å². The Hall–Kier alpha value is -3.08. The van der Waals surface area contributed by atoms with E-state index >= 15 is 0 Å². The van der Waals surface area contributed by atoms with Crippen LogP contribution in [0, 0.1) is 5.82 Å². The lowest BCUT2D eigenvalue weighted by atomic mass is 9.91. The molecule has 1 heterocycles. The van der Waals surface area contributed by atoms with E-state index in [4.69, 9.17) is 0 Å². The second kappa shape index (κ2) is 13.1. The molecule has 0 saturated heterocycles. The number of nitrogens with zero attached hydrogens (tertiary/aromatic N) is 2. The molecule has 0 aliphatic heterocycles. The lowest BCUT2D eigenvalue weighted by Gasteiger charge is -2.37. The third-order valence-corrected chi connectivity index (χ3v) is 8.18. The van der Waals surface area contributed by atoms with Crippen LogP contribution in [0.5, 0.6) is 0 Å². The van der Waals surface area contributed by atoms with Gasteiger partial charge in [0.15, 0.2) is 0 Å². The van der Waals surface area contributed by atoms with E-state index < -0.39 is 33.5 Å². The number of rotatable bonds is 8. The van der Waals surface area contributed by atoms with Crippen LogP contribution in [0.15, 0.2) is 66.6 Å². The smallest absolute Gasteiger partial charge is 0.305 e. The maximum Gasteiger partial charge on any atom is 0.305 e. The van der Waals surface area contributed by atoms with Crippen LogP contribution in [0.2, 0.25) is 0 Å². The summed E-state index contributed by atoms with van der Waals surface area (Å²) in [5.41, 5.74) is 1.70. The molecule has 0 radical (unpaired) electrons. The first kappa shape index (κ1) is 31.1. The molecule has 10 heteroatoms. The Morgan fingerprint density at radius 2 is 1.74 bits per heavy atom. The van der Waals surface area contributed by atoms with Crippen molar-refractivity contribution in [1.29, 1.82) is 0 Å². The Morgan fingerprint density at radius 1 is 1.13 bits per heavy atom. The number of benzene rings is 2. The molecule has 7 nitrogen and oxygen atoms in total. The zero-order valence-electron chi connectivity index (χ0n) is 22.0. The van der Waals surface area contributed by atoms with Crippen LogP contribution in [0.25, 0.3) is 10.9 Å². The number of aryl methyl sites for hydroxylation is 1. The summed E-state index contributed by atoms with van der Waals surface area (Å²) in [4.78, 5) is 11.2. The molecular formula is C28H36F2N2O5S. The molecule has 0 saturated carbocycles. The van der Waals surface area contributed by atoms with Gasteiger partial charge in [-0.05, 0) is 69.0 Å². The minimum absolute atomic E-state index is 0.00167. The van der Waals surface area contributed by atoms with Crippen molar-refractivity contribution in [1.82, 2.24) is 8.87 Å². The number of aliphatic hydroxyl groups is 1. The number of carboxylic acids is 1. The lowest BCUT2D eigenvalue weighted by molar-refractivity contribution is -0.137. The third kappa shape index (κ3) is 7.06. The summed E-state index contributed by atoms with van der Waals surface area (Å²) in [5.74, 6) is -1.40. The van der Waals surface area contributed by atoms with Crippen molar-refractivity contribution in [2.24, 2.45) is 0 Å². The number of para-hydroxylation sites is 1. The third-order valence-electron chi connectivity index (χ3n) is 6.27. The number of alkyl halides is 1. The number of hydrogen-bond acceptors (Lipinski definition) is 4. The van der Waals surface area contributed by atoms with Gasteiger partial charge in [-0.1, -0.05) is 18.2 Å². The van der Waals surface area contributed by atoms with Crippen molar-refractivity contribution in [3.05, 3.63) is 78.8 Å². The lowest BCUT2D eigenvalue weighted by Crippen LogP contribution is -2.49. The first-order valence-corrected chi connectivity index (χ1v) is 13.6. The van der Waals surface area contributed by atoms with Crippen LogP contribution in [0.1, 0.15) is 37.9 Å². The molecule has 208 valence electrons. The molecule has 38 heavy (non-hydrogen) atoms. The summed E-state index contributed by atoms with van der Waals surface area (Å²) in [7, 11) is -3.50. The largest absolute Gasteiger partial charge is 0.481 e. The molecule has 1 aliphatic carbocycles.